The molecular weight excluding hydrogens is 230 g/mol. The van der Waals surface area contributed by atoms with E-state index in [0.717, 1.165) is 31.2 Å². The second-order valence-electron chi connectivity index (χ2n) is 4.91. The van der Waals surface area contributed by atoms with Gasteiger partial charge in [-0.1, -0.05) is 13.8 Å². The Labute approximate surface area is 106 Å². The van der Waals surface area contributed by atoms with Crippen LogP contribution in [0.3, 0.4) is 0 Å². The first-order chi connectivity index (χ1) is 8.75. The smallest absolute Gasteiger partial charge is 0.203 e. The van der Waals surface area contributed by atoms with Gasteiger partial charge in [-0.2, -0.15) is 0 Å². The fourth-order valence-corrected chi connectivity index (χ4v) is 2.24. The van der Waals surface area contributed by atoms with Crippen LogP contribution in [0.5, 0.6) is 0 Å². The summed E-state index contributed by atoms with van der Waals surface area (Å²) in [6.07, 6.45) is 5.59. The maximum Gasteiger partial charge on any atom is 0.203 e. The number of ether oxygens (including phenoxy) is 1. The number of nitrogens with zero attached hydrogens (tertiary/aromatic N) is 5. The van der Waals surface area contributed by atoms with Crippen molar-refractivity contribution < 1.29 is 4.74 Å². The lowest BCUT2D eigenvalue weighted by Crippen LogP contribution is -2.45. The number of aromatic nitrogens is 4. The molecule has 2 aromatic rings. The quantitative estimate of drug-likeness (QED) is 0.792. The van der Waals surface area contributed by atoms with E-state index < -0.39 is 0 Å². The van der Waals surface area contributed by atoms with Crippen molar-refractivity contribution in [1.82, 2.24) is 19.6 Å². The molecule has 0 aliphatic carbocycles. The Hall–Kier alpha value is -1.69. The largest absolute Gasteiger partial charge is 0.374 e. The van der Waals surface area contributed by atoms with Crippen molar-refractivity contribution in [2.45, 2.75) is 20.0 Å². The molecule has 1 unspecified atom stereocenters. The highest BCUT2D eigenvalue weighted by molar-refractivity contribution is 5.63. The summed E-state index contributed by atoms with van der Waals surface area (Å²) in [6.45, 7) is 6.80. The Bertz CT molecular complexity index is 538. The second-order valence-corrected chi connectivity index (χ2v) is 4.91. The number of fused-ring (bicyclic) bond motifs is 1. The average Bonchev–Trinajstić information content (AvgIpc) is 2.87. The van der Waals surface area contributed by atoms with Crippen molar-refractivity contribution in [1.29, 1.82) is 0 Å². The van der Waals surface area contributed by atoms with Gasteiger partial charge < -0.3 is 9.64 Å². The fraction of sp³-hybridized carbons (Fsp3) is 0.583. The Kier molecular flexibility index (Phi) is 2.87. The first kappa shape index (κ1) is 11.4. The van der Waals surface area contributed by atoms with Crippen molar-refractivity contribution in [3.8, 4) is 0 Å². The minimum Gasteiger partial charge on any atom is -0.374 e. The van der Waals surface area contributed by atoms with Crippen LogP contribution in [-0.4, -0.2) is 45.4 Å². The summed E-state index contributed by atoms with van der Waals surface area (Å²) >= 11 is 0. The molecule has 0 bridgehead atoms. The summed E-state index contributed by atoms with van der Waals surface area (Å²) in [5, 5.41) is 8.06. The van der Waals surface area contributed by atoms with Gasteiger partial charge in [0, 0.05) is 25.5 Å². The first-order valence-electron chi connectivity index (χ1n) is 6.26. The van der Waals surface area contributed by atoms with E-state index in [1.807, 2.05) is 10.6 Å². The molecule has 2 aromatic heterocycles. The highest BCUT2D eigenvalue weighted by atomic mass is 16.5. The predicted molar refractivity (Wildman–Crippen MR) is 67.6 cm³/mol. The molecule has 3 heterocycles. The summed E-state index contributed by atoms with van der Waals surface area (Å²) in [4.78, 5) is 6.68. The van der Waals surface area contributed by atoms with Gasteiger partial charge in [0.05, 0.1) is 12.7 Å². The van der Waals surface area contributed by atoms with Crippen molar-refractivity contribution in [3.05, 3.63) is 18.7 Å². The fourth-order valence-electron chi connectivity index (χ4n) is 2.24. The lowest BCUT2D eigenvalue weighted by molar-refractivity contribution is 0.0112. The van der Waals surface area contributed by atoms with Crippen LogP contribution < -0.4 is 4.90 Å². The molecular formula is C12H17N5O. The maximum absolute atomic E-state index is 5.77. The minimum absolute atomic E-state index is 0.253. The van der Waals surface area contributed by atoms with E-state index in [-0.39, 0.29) is 6.10 Å². The van der Waals surface area contributed by atoms with Crippen molar-refractivity contribution in [3.63, 3.8) is 0 Å². The molecule has 3 rings (SSSR count). The molecule has 18 heavy (non-hydrogen) atoms. The summed E-state index contributed by atoms with van der Waals surface area (Å²) in [5.41, 5.74) is 0.807. The van der Waals surface area contributed by atoms with Crippen LogP contribution in [-0.2, 0) is 4.74 Å². The van der Waals surface area contributed by atoms with Gasteiger partial charge in [-0.25, -0.2) is 4.98 Å². The van der Waals surface area contributed by atoms with Gasteiger partial charge in [-0.3, -0.25) is 4.40 Å². The third-order valence-electron chi connectivity index (χ3n) is 3.33. The Morgan fingerprint density at radius 2 is 2.33 bits per heavy atom. The van der Waals surface area contributed by atoms with E-state index in [4.69, 9.17) is 4.74 Å². The molecule has 1 aliphatic rings. The van der Waals surface area contributed by atoms with Gasteiger partial charge in [0.15, 0.2) is 5.82 Å². The van der Waals surface area contributed by atoms with Crippen LogP contribution in [0.1, 0.15) is 13.8 Å². The van der Waals surface area contributed by atoms with Crippen LogP contribution in [0.2, 0.25) is 0 Å². The van der Waals surface area contributed by atoms with E-state index in [0.29, 0.717) is 5.92 Å². The van der Waals surface area contributed by atoms with Crippen LogP contribution >= 0.6 is 0 Å². The first-order valence-corrected chi connectivity index (χ1v) is 6.26. The van der Waals surface area contributed by atoms with E-state index in [9.17, 15) is 0 Å². The molecule has 6 nitrogen and oxygen atoms in total. The SMILES string of the molecule is CC(C)C1CN(c2nccn3cnnc23)CCO1. The van der Waals surface area contributed by atoms with Crippen LogP contribution in [0, 0.1) is 5.92 Å². The third kappa shape index (κ3) is 1.92. The second kappa shape index (κ2) is 4.53. The molecule has 1 fully saturated rings. The summed E-state index contributed by atoms with van der Waals surface area (Å²) in [5.74, 6) is 1.40. The van der Waals surface area contributed by atoms with Gasteiger partial charge in [-0.15, -0.1) is 10.2 Å². The molecule has 0 spiro atoms. The van der Waals surface area contributed by atoms with Gasteiger partial charge in [0.1, 0.15) is 6.33 Å². The number of rotatable bonds is 2. The number of anilines is 1. The predicted octanol–water partition coefficient (Wildman–Crippen LogP) is 0.985. The van der Waals surface area contributed by atoms with E-state index in [2.05, 4.69) is 33.9 Å². The van der Waals surface area contributed by atoms with Gasteiger partial charge in [0.2, 0.25) is 5.65 Å². The maximum atomic E-state index is 5.77. The summed E-state index contributed by atoms with van der Waals surface area (Å²) in [7, 11) is 0. The topological polar surface area (TPSA) is 55.6 Å². The molecule has 0 amide bonds. The zero-order chi connectivity index (χ0) is 12.5. The lowest BCUT2D eigenvalue weighted by Gasteiger charge is -2.35. The van der Waals surface area contributed by atoms with Crippen LogP contribution in [0.25, 0.3) is 5.65 Å². The highest BCUT2D eigenvalue weighted by Crippen LogP contribution is 2.21. The van der Waals surface area contributed by atoms with Crippen LogP contribution in [0.15, 0.2) is 18.7 Å². The molecule has 1 atom stereocenters. The van der Waals surface area contributed by atoms with Gasteiger partial charge in [0.25, 0.3) is 0 Å². The molecule has 96 valence electrons. The number of hydrogen-bond acceptors (Lipinski definition) is 5. The number of morpholine rings is 1. The molecule has 1 saturated heterocycles. The molecule has 0 saturated carbocycles. The monoisotopic (exact) mass is 247 g/mol. The molecule has 0 N–H and O–H groups in total. The van der Waals surface area contributed by atoms with Crippen molar-refractivity contribution in [2.24, 2.45) is 5.92 Å². The van der Waals surface area contributed by atoms with E-state index in [1.54, 1.807) is 12.5 Å². The molecule has 1 aliphatic heterocycles. The normalized spacial score (nSPS) is 20.8. The van der Waals surface area contributed by atoms with E-state index in [1.165, 1.54) is 0 Å². The van der Waals surface area contributed by atoms with Gasteiger partial charge >= 0.3 is 0 Å². The Morgan fingerprint density at radius 3 is 3.17 bits per heavy atom. The Morgan fingerprint density at radius 1 is 1.44 bits per heavy atom. The zero-order valence-corrected chi connectivity index (χ0v) is 10.7. The summed E-state index contributed by atoms with van der Waals surface area (Å²) < 4.78 is 7.66. The van der Waals surface area contributed by atoms with Gasteiger partial charge in [-0.05, 0) is 5.92 Å². The molecule has 0 aromatic carbocycles. The lowest BCUT2D eigenvalue weighted by atomic mass is 10.1. The van der Waals surface area contributed by atoms with E-state index >= 15 is 0 Å². The minimum atomic E-state index is 0.253. The number of hydrogen-bond donors (Lipinski definition) is 0. The molecule has 6 heteroatoms. The van der Waals surface area contributed by atoms with Crippen molar-refractivity contribution in [2.75, 3.05) is 24.6 Å². The molecule has 0 radical (unpaired) electrons. The standard InChI is InChI=1S/C12H17N5O/c1-9(2)10-7-16(5-6-18-10)11-12-15-14-8-17(12)4-3-13-11/h3-4,8-10H,5-7H2,1-2H3. The highest BCUT2D eigenvalue weighted by Gasteiger charge is 2.25. The summed E-state index contributed by atoms with van der Waals surface area (Å²) in [6, 6.07) is 0. The van der Waals surface area contributed by atoms with Crippen LogP contribution in [0.4, 0.5) is 5.82 Å². The average molecular weight is 247 g/mol. The zero-order valence-electron chi connectivity index (χ0n) is 10.7. The Balaban J connectivity index is 1.92. The third-order valence-corrected chi connectivity index (χ3v) is 3.33. The van der Waals surface area contributed by atoms with Crippen molar-refractivity contribution >= 4 is 11.5 Å².